The van der Waals surface area contributed by atoms with Crippen molar-refractivity contribution in [2.75, 3.05) is 13.1 Å². The van der Waals surface area contributed by atoms with Gasteiger partial charge in [-0.1, -0.05) is 37.3 Å². The first-order valence-corrected chi connectivity index (χ1v) is 7.66. The predicted octanol–water partition coefficient (Wildman–Crippen LogP) is 3.58. The maximum absolute atomic E-state index is 6.00. The van der Waals surface area contributed by atoms with Gasteiger partial charge in [0.05, 0.1) is 6.04 Å². The van der Waals surface area contributed by atoms with Crippen LogP contribution < -0.4 is 5.73 Å². The highest BCUT2D eigenvalue weighted by Gasteiger charge is 2.19. The largest absolute Gasteiger partial charge is 0.329 e. The van der Waals surface area contributed by atoms with Gasteiger partial charge in [-0.05, 0) is 36.0 Å². The summed E-state index contributed by atoms with van der Waals surface area (Å²) in [6.45, 7) is 7.01. The van der Waals surface area contributed by atoms with Gasteiger partial charge in [0.15, 0.2) is 0 Å². The Balaban J connectivity index is 2.17. The minimum atomic E-state index is 0.324. The first-order chi connectivity index (χ1) is 9.26. The zero-order valence-corrected chi connectivity index (χ0v) is 12.5. The van der Waals surface area contributed by atoms with E-state index in [0.29, 0.717) is 12.6 Å². The molecule has 0 spiro atoms. The zero-order valence-electron chi connectivity index (χ0n) is 11.7. The molecular weight excluding hydrogens is 252 g/mol. The molecule has 0 aliphatic rings. The number of nitrogens with two attached hydrogens (primary N) is 1. The Morgan fingerprint density at radius 2 is 2.00 bits per heavy atom. The number of hydrogen-bond acceptors (Lipinski definition) is 3. The van der Waals surface area contributed by atoms with E-state index in [1.54, 1.807) is 11.3 Å². The summed E-state index contributed by atoms with van der Waals surface area (Å²) in [4.78, 5) is 3.81. The van der Waals surface area contributed by atoms with E-state index in [4.69, 9.17) is 5.73 Å². The normalized spacial score (nSPS) is 12.8. The van der Waals surface area contributed by atoms with Crippen molar-refractivity contribution in [3.63, 3.8) is 0 Å². The fourth-order valence-corrected chi connectivity index (χ4v) is 3.25. The summed E-state index contributed by atoms with van der Waals surface area (Å²) >= 11 is 1.79. The van der Waals surface area contributed by atoms with Crippen molar-refractivity contribution in [3.05, 3.63) is 57.8 Å². The fourth-order valence-electron chi connectivity index (χ4n) is 2.37. The lowest BCUT2D eigenvalue weighted by Gasteiger charge is -2.29. The summed E-state index contributed by atoms with van der Waals surface area (Å²) in [7, 11) is 0. The quantitative estimate of drug-likeness (QED) is 0.872. The van der Waals surface area contributed by atoms with Gasteiger partial charge < -0.3 is 5.73 Å². The highest BCUT2D eigenvalue weighted by Crippen LogP contribution is 2.26. The zero-order chi connectivity index (χ0) is 13.7. The average molecular weight is 274 g/mol. The molecule has 1 unspecified atom stereocenters. The van der Waals surface area contributed by atoms with Gasteiger partial charge in [0.2, 0.25) is 0 Å². The second kappa shape index (κ2) is 6.85. The van der Waals surface area contributed by atoms with Crippen molar-refractivity contribution in [2.45, 2.75) is 26.4 Å². The third-order valence-electron chi connectivity index (χ3n) is 3.58. The Hall–Kier alpha value is -1.16. The molecule has 0 radical (unpaired) electrons. The molecule has 3 heteroatoms. The maximum Gasteiger partial charge on any atom is 0.0567 e. The highest BCUT2D eigenvalue weighted by atomic mass is 32.1. The number of hydrogen-bond donors (Lipinski definition) is 1. The van der Waals surface area contributed by atoms with Crippen LogP contribution in [0.2, 0.25) is 0 Å². The number of likely N-dealkylation sites (N-methyl/N-ethyl adjacent to an activating group) is 1. The molecule has 0 bridgehead atoms. The van der Waals surface area contributed by atoms with Crippen LogP contribution in [-0.2, 0) is 6.54 Å². The number of rotatable bonds is 6. The smallest absolute Gasteiger partial charge is 0.0567 e. The topological polar surface area (TPSA) is 29.3 Å². The average Bonchev–Trinajstić information content (AvgIpc) is 2.94. The minimum absolute atomic E-state index is 0.324. The van der Waals surface area contributed by atoms with Gasteiger partial charge in [-0.15, -0.1) is 11.3 Å². The van der Waals surface area contributed by atoms with E-state index in [2.05, 4.69) is 60.5 Å². The van der Waals surface area contributed by atoms with Crippen molar-refractivity contribution in [1.29, 1.82) is 0 Å². The molecule has 0 aliphatic carbocycles. The molecule has 1 heterocycles. The minimum Gasteiger partial charge on any atom is -0.329 e. The summed E-state index contributed by atoms with van der Waals surface area (Å²) in [6.07, 6.45) is 0. The fraction of sp³-hybridized carbons (Fsp3) is 0.375. The standard InChI is InChI=1S/C16H22N2S/c1-3-18(12-14-8-5-4-7-13(14)2)15(11-17)16-9-6-10-19-16/h4-10,15H,3,11-12,17H2,1-2H3. The van der Waals surface area contributed by atoms with Crippen molar-refractivity contribution in [1.82, 2.24) is 4.90 Å². The molecule has 2 N–H and O–H groups in total. The molecule has 0 fully saturated rings. The second-order valence-electron chi connectivity index (χ2n) is 4.76. The van der Waals surface area contributed by atoms with Gasteiger partial charge in [-0.2, -0.15) is 0 Å². The van der Waals surface area contributed by atoms with E-state index < -0.39 is 0 Å². The molecule has 1 atom stereocenters. The lowest BCUT2D eigenvalue weighted by molar-refractivity contribution is 0.206. The summed E-state index contributed by atoms with van der Waals surface area (Å²) < 4.78 is 0. The molecule has 1 aromatic carbocycles. The summed E-state index contributed by atoms with van der Waals surface area (Å²) in [5, 5.41) is 2.12. The molecule has 2 aromatic rings. The van der Waals surface area contributed by atoms with E-state index in [1.165, 1.54) is 16.0 Å². The Morgan fingerprint density at radius 3 is 2.58 bits per heavy atom. The van der Waals surface area contributed by atoms with E-state index in [9.17, 15) is 0 Å². The van der Waals surface area contributed by atoms with Crippen molar-refractivity contribution < 1.29 is 0 Å². The molecular formula is C16H22N2S. The third kappa shape index (κ3) is 3.44. The molecule has 0 aliphatic heterocycles. The second-order valence-corrected chi connectivity index (χ2v) is 5.74. The van der Waals surface area contributed by atoms with Crippen LogP contribution in [0.25, 0.3) is 0 Å². The third-order valence-corrected chi connectivity index (χ3v) is 4.55. The predicted molar refractivity (Wildman–Crippen MR) is 83.4 cm³/mol. The van der Waals surface area contributed by atoms with E-state index in [1.807, 2.05) is 0 Å². The van der Waals surface area contributed by atoms with Gasteiger partial charge in [0.1, 0.15) is 0 Å². The SMILES string of the molecule is CCN(Cc1ccccc1C)C(CN)c1cccs1. The van der Waals surface area contributed by atoms with Crippen LogP contribution in [0.4, 0.5) is 0 Å². The van der Waals surface area contributed by atoms with Crippen LogP contribution in [-0.4, -0.2) is 18.0 Å². The number of benzene rings is 1. The van der Waals surface area contributed by atoms with Crippen LogP contribution in [0.5, 0.6) is 0 Å². The van der Waals surface area contributed by atoms with Gasteiger partial charge >= 0.3 is 0 Å². The Kier molecular flexibility index (Phi) is 5.14. The number of nitrogens with zero attached hydrogens (tertiary/aromatic N) is 1. The van der Waals surface area contributed by atoms with Crippen molar-refractivity contribution in [3.8, 4) is 0 Å². The molecule has 102 valence electrons. The van der Waals surface area contributed by atoms with Crippen molar-refractivity contribution >= 4 is 11.3 Å². The Labute approximate surface area is 119 Å². The van der Waals surface area contributed by atoms with Gasteiger partial charge in [-0.25, -0.2) is 0 Å². The van der Waals surface area contributed by atoms with E-state index >= 15 is 0 Å². The molecule has 0 amide bonds. The van der Waals surface area contributed by atoms with Crippen molar-refractivity contribution in [2.24, 2.45) is 5.73 Å². The molecule has 19 heavy (non-hydrogen) atoms. The first kappa shape index (κ1) is 14.3. The molecule has 2 nitrogen and oxygen atoms in total. The molecule has 0 saturated carbocycles. The maximum atomic E-state index is 6.00. The van der Waals surface area contributed by atoms with Crippen LogP contribution in [0.15, 0.2) is 41.8 Å². The van der Waals surface area contributed by atoms with Crippen LogP contribution >= 0.6 is 11.3 Å². The summed E-state index contributed by atoms with van der Waals surface area (Å²) in [5.41, 5.74) is 8.74. The lowest BCUT2D eigenvalue weighted by atomic mass is 10.1. The number of aryl methyl sites for hydroxylation is 1. The van der Waals surface area contributed by atoms with Crippen LogP contribution in [0.1, 0.15) is 29.0 Å². The Bertz CT molecular complexity index is 493. The van der Waals surface area contributed by atoms with Crippen LogP contribution in [0.3, 0.4) is 0 Å². The summed E-state index contributed by atoms with van der Waals surface area (Å²) in [6, 6.07) is 13.2. The van der Waals surface area contributed by atoms with Gasteiger partial charge in [0.25, 0.3) is 0 Å². The first-order valence-electron chi connectivity index (χ1n) is 6.78. The van der Waals surface area contributed by atoms with E-state index in [0.717, 1.165) is 13.1 Å². The summed E-state index contributed by atoms with van der Waals surface area (Å²) in [5.74, 6) is 0. The van der Waals surface area contributed by atoms with Gasteiger partial charge in [-0.3, -0.25) is 4.90 Å². The Morgan fingerprint density at radius 1 is 1.21 bits per heavy atom. The molecule has 1 aromatic heterocycles. The lowest BCUT2D eigenvalue weighted by Crippen LogP contribution is -2.33. The van der Waals surface area contributed by atoms with E-state index in [-0.39, 0.29) is 0 Å². The highest BCUT2D eigenvalue weighted by molar-refractivity contribution is 7.10. The number of thiophene rings is 1. The monoisotopic (exact) mass is 274 g/mol. The molecule has 2 rings (SSSR count). The molecule has 0 saturated heterocycles. The van der Waals surface area contributed by atoms with Crippen LogP contribution in [0, 0.1) is 6.92 Å². The van der Waals surface area contributed by atoms with Gasteiger partial charge in [0, 0.05) is 18.0 Å².